The van der Waals surface area contributed by atoms with Gasteiger partial charge < -0.3 is 14.1 Å². The van der Waals surface area contributed by atoms with Crippen molar-refractivity contribution < 1.29 is 22.7 Å². The van der Waals surface area contributed by atoms with Crippen molar-refractivity contribution in [3.05, 3.63) is 112 Å². The fourth-order valence-electron chi connectivity index (χ4n) is 4.73. The molecule has 6 nitrogen and oxygen atoms in total. The molecule has 1 aromatic heterocycles. The molecule has 0 spiro atoms. The van der Waals surface area contributed by atoms with Crippen molar-refractivity contribution in [2.75, 3.05) is 26.2 Å². The maximum absolute atomic E-state index is 13.6. The standard InChI is InChI=1S/C29H26F2N2O4/c1-19(36-25-12-6-20-7-13-27(34)37-26(20)18-25)29(35)33-16-14-32(15-17-33)28(21-2-8-23(30)9-3-21)22-4-10-24(31)11-5-22/h2-13,18-19,28H,14-17H2,1H3. The van der Waals surface area contributed by atoms with Gasteiger partial charge in [-0.3, -0.25) is 9.69 Å². The summed E-state index contributed by atoms with van der Waals surface area (Å²) in [5.74, 6) is -0.345. The normalized spacial score (nSPS) is 15.2. The van der Waals surface area contributed by atoms with Crippen LogP contribution in [0.15, 0.2) is 88.1 Å². The predicted octanol–water partition coefficient (Wildman–Crippen LogP) is 4.77. The number of carbonyl (C=O) groups excluding carboxylic acids is 1. The minimum atomic E-state index is -0.732. The van der Waals surface area contributed by atoms with Crippen LogP contribution in [0.1, 0.15) is 24.1 Å². The zero-order chi connectivity index (χ0) is 25.9. The van der Waals surface area contributed by atoms with E-state index in [2.05, 4.69) is 4.90 Å². The Morgan fingerprint density at radius 3 is 2.00 bits per heavy atom. The number of hydrogen-bond acceptors (Lipinski definition) is 5. The van der Waals surface area contributed by atoms with E-state index in [1.165, 1.54) is 30.3 Å². The zero-order valence-corrected chi connectivity index (χ0v) is 20.3. The number of fused-ring (bicyclic) bond motifs is 1. The molecule has 4 aromatic rings. The fraction of sp³-hybridized carbons (Fsp3) is 0.241. The van der Waals surface area contributed by atoms with E-state index < -0.39 is 11.7 Å². The fourth-order valence-corrected chi connectivity index (χ4v) is 4.73. The van der Waals surface area contributed by atoms with Crippen molar-refractivity contribution in [1.82, 2.24) is 9.80 Å². The molecule has 5 rings (SSSR count). The average molecular weight is 505 g/mol. The summed E-state index contributed by atoms with van der Waals surface area (Å²) in [6.45, 7) is 3.83. The lowest BCUT2D eigenvalue weighted by atomic mass is 9.96. The quantitative estimate of drug-likeness (QED) is 0.354. The molecule has 1 aliphatic heterocycles. The zero-order valence-electron chi connectivity index (χ0n) is 20.3. The molecule has 0 bridgehead atoms. The summed E-state index contributed by atoms with van der Waals surface area (Å²) in [7, 11) is 0. The van der Waals surface area contributed by atoms with E-state index in [1.54, 1.807) is 60.4 Å². The molecule has 1 fully saturated rings. The highest BCUT2D eigenvalue weighted by Gasteiger charge is 2.30. The first-order valence-electron chi connectivity index (χ1n) is 12.1. The lowest BCUT2D eigenvalue weighted by molar-refractivity contribution is -0.140. The van der Waals surface area contributed by atoms with Gasteiger partial charge >= 0.3 is 5.63 Å². The minimum absolute atomic E-state index is 0.144. The Bertz CT molecular complexity index is 1400. The van der Waals surface area contributed by atoms with Gasteiger partial charge in [0.15, 0.2) is 6.10 Å². The molecule has 37 heavy (non-hydrogen) atoms. The van der Waals surface area contributed by atoms with Crippen LogP contribution in [0.5, 0.6) is 5.75 Å². The third kappa shape index (κ3) is 5.54. The van der Waals surface area contributed by atoms with Crippen LogP contribution < -0.4 is 10.4 Å². The number of ether oxygens (including phenoxy) is 1. The monoisotopic (exact) mass is 504 g/mol. The topological polar surface area (TPSA) is 63.0 Å². The van der Waals surface area contributed by atoms with Crippen LogP contribution in [0, 0.1) is 11.6 Å². The van der Waals surface area contributed by atoms with Crippen LogP contribution >= 0.6 is 0 Å². The van der Waals surface area contributed by atoms with E-state index in [4.69, 9.17) is 9.15 Å². The molecule has 0 N–H and O–H groups in total. The van der Waals surface area contributed by atoms with Crippen molar-refractivity contribution >= 4 is 16.9 Å². The number of piperazine rings is 1. The van der Waals surface area contributed by atoms with Crippen molar-refractivity contribution in [2.45, 2.75) is 19.1 Å². The van der Waals surface area contributed by atoms with Crippen LogP contribution in [0.4, 0.5) is 8.78 Å². The van der Waals surface area contributed by atoms with Crippen LogP contribution in [-0.2, 0) is 4.79 Å². The molecule has 1 saturated heterocycles. The Balaban J connectivity index is 1.26. The lowest BCUT2D eigenvalue weighted by Gasteiger charge is -2.40. The van der Waals surface area contributed by atoms with Gasteiger partial charge in [-0.1, -0.05) is 24.3 Å². The number of halogens is 2. The number of rotatable bonds is 6. The highest BCUT2D eigenvalue weighted by molar-refractivity contribution is 5.81. The molecule has 1 atom stereocenters. The number of hydrogen-bond donors (Lipinski definition) is 0. The smallest absolute Gasteiger partial charge is 0.336 e. The molecule has 8 heteroatoms. The number of nitrogens with zero attached hydrogens (tertiary/aromatic N) is 2. The van der Waals surface area contributed by atoms with Gasteiger partial charge in [-0.2, -0.15) is 0 Å². The summed E-state index contributed by atoms with van der Waals surface area (Å²) < 4.78 is 38.2. The number of benzene rings is 3. The minimum Gasteiger partial charge on any atom is -0.481 e. The second-order valence-corrected chi connectivity index (χ2v) is 9.08. The van der Waals surface area contributed by atoms with Crippen molar-refractivity contribution in [3.63, 3.8) is 0 Å². The van der Waals surface area contributed by atoms with Gasteiger partial charge in [0.05, 0.1) is 6.04 Å². The summed E-state index contributed by atoms with van der Waals surface area (Å²) in [6.07, 6.45) is -0.732. The van der Waals surface area contributed by atoms with Gasteiger partial charge in [-0.25, -0.2) is 13.6 Å². The van der Waals surface area contributed by atoms with Crippen LogP contribution in [0.3, 0.4) is 0 Å². The van der Waals surface area contributed by atoms with E-state index in [9.17, 15) is 18.4 Å². The molecular weight excluding hydrogens is 478 g/mol. The Morgan fingerprint density at radius 1 is 0.838 bits per heavy atom. The van der Waals surface area contributed by atoms with E-state index in [-0.39, 0.29) is 23.6 Å². The summed E-state index contributed by atoms with van der Waals surface area (Å²) in [4.78, 5) is 28.6. The first-order valence-corrected chi connectivity index (χ1v) is 12.1. The van der Waals surface area contributed by atoms with Crippen LogP contribution in [0.2, 0.25) is 0 Å². The average Bonchev–Trinajstić information content (AvgIpc) is 2.90. The van der Waals surface area contributed by atoms with Crippen molar-refractivity contribution in [2.24, 2.45) is 0 Å². The molecule has 3 aromatic carbocycles. The van der Waals surface area contributed by atoms with Gasteiger partial charge in [0, 0.05) is 43.7 Å². The molecule has 0 radical (unpaired) electrons. The summed E-state index contributed by atoms with van der Waals surface area (Å²) in [5.41, 5.74) is 1.73. The summed E-state index contributed by atoms with van der Waals surface area (Å²) in [5, 5.41) is 0.763. The number of carbonyl (C=O) groups is 1. The number of amides is 1. The van der Waals surface area contributed by atoms with Gasteiger partial charge in [-0.15, -0.1) is 0 Å². The van der Waals surface area contributed by atoms with Crippen molar-refractivity contribution in [1.29, 1.82) is 0 Å². The molecule has 2 heterocycles. The largest absolute Gasteiger partial charge is 0.481 e. The SMILES string of the molecule is CC(Oc1ccc2ccc(=O)oc2c1)C(=O)N1CCN(C(c2ccc(F)cc2)c2ccc(F)cc2)CC1. The predicted molar refractivity (Wildman–Crippen MR) is 135 cm³/mol. The Labute approximate surface area is 212 Å². The first kappa shape index (κ1) is 24.6. The second kappa shape index (κ2) is 10.5. The molecule has 1 aliphatic rings. The Morgan fingerprint density at radius 2 is 1.41 bits per heavy atom. The van der Waals surface area contributed by atoms with E-state index in [1.807, 2.05) is 0 Å². The highest BCUT2D eigenvalue weighted by Crippen LogP contribution is 2.30. The van der Waals surface area contributed by atoms with Gasteiger partial charge in [0.25, 0.3) is 5.91 Å². The third-order valence-electron chi connectivity index (χ3n) is 6.62. The molecular formula is C29H26F2N2O4. The maximum atomic E-state index is 13.6. The molecule has 1 unspecified atom stereocenters. The lowest BCUT2D eigenvalue weighted by Crippen LogP contribution is -2.52. The summed E-state index contributed by atoms with van der Waals surface area (Å²) in [6, 6.07) is 20.6. The van der Waals surface area contributed by atoms with Crippen LogP contribution in [-0.4, -0.2) is 48.0 Å². The molecule has 1 amide bonds. The maximum Gasteiger partial charge on any atom is 0.336 e. The Hall–Kier alpha value is -4.04. The highest BCUT2D eigenvalue weighted by atomic mass is 19.1. The second-order valence-electron chi connectivity index (χ2n) is 9.08. The van der Waals surface area contributed by atoms with Gasteiger partial charge in [0.1, 0.15) is 23.0 Å². The van der Waals surface area contributed by atoms with Gasteiger partial charge in [-0.05, 0) is 60.5 Å². The third-order valence-corrected chi connectivity index (χ3v) is 6.62. The molecule has 0 aliphatic carbocycles. The van der Waals surface area contributed by atoms with E-state index in [0.717, 1.165) is 16.5 Å². The molecule has 0 saturated carbocycles. The molecule has 190 valence electrons. The van der Waals surface area contributed by atoms with Crippen LogP contribution in [0.25, 0.3) is 11.0 Å². The van der Waals surface area contributed by atoms with E-state index in [0.29, 0.717) is 37.5 Å². The van der Waals surface area contributed by atoms with E-state index >= 15 is 0 Å². The van der Waals surface area contributed by atoms with Gasteiger partial charge in [0.2, 0.25) is 0 Å². The van der Waals surface area contributed by atoms with Crippen molar-refractivity contribution in [3.8, 4) is 5.75 Å². The summed E-state index contributed by atoms with van der Waals surface area (Å²) >= 11 is 0. The first-order chi connectivity index (χ1) is 17.9. The Kier molecular flexibility index (Phi) is 7.01.